The molecule has 1 aromatic rings. The fourth-order valence-electron chi connectivity index (χ4n) is 2.07. The number of carbonyl (C=O) groups excluding carboxylic acids is 1. The highest BCUT2D eigenvalue weighted by atomic mass is 32.2. The molecule has 11 heteroatoms. The predicted molar refractivity (Wildman–Crippen MR) is 75.7 cm³/mol. The number of halogens is 6. The number of benzene rings is 1. The van der Waals surface area contributed by atoms with E-state index in [1.54, 1.807) is 0 Å². The lowest BCUT2D eigenvalue weighted by molar-refractivity contribution is -0.151. The number of alkyl halides is 3. The van der Waals surface area contributed by atoms with Gasteiger partial charge in [-0.3, -0.25) is 4.79 Å². The van der Waals surface area contributed by atoms with Crippen molar-refractivity contribution in [3.05, 3.63) is 34.6 Å². The van der Waals surface area contributed by atoms with Crippen molar-refractivity contribution in [2.75, 3.05) is 0 Å². The second-order valence-electron chi connectivity index (χ2n) is 4.98. The van der Waals surface area contributed by atoms with Crippen LogP contribution in [0.5, 0.6) is 0 Å². The van der Waals surface area contributed by atoms with Crippen LogP contribution < -0.4 is 11.1 Å². The van der Waals surface area contributed by atoms with Gasteiger partial charge in [0.15, 0.2) is 28.7 Å². The lowest BCUT2D eigenvalue weighted by Crippen LogP contribution is -2.44. The first-order chi connectivity index (χ1) is 11.0. The van der Waals surface area contributed by atoms with Gasteiger partial charge in [-0.2, -0.15) is 13.2 Å². The van der Waals surface area contributed by atoms with Crippen LogP contribution in [0.15, 0.2) is 11.1 Å². The Morgan fingerprint density at radius 3 is 2.54 bits per heavy atom. The minimum absolute atomic E-state index is 0.0970. The van der Waals surface area contributed by atoms with Gasteiger partial charge >= 0.3 is 6.18 Å². The fraction of sp³-hybridized carbons (Fsp3) is 0.385. The number of carbonyl (C=O) groups is 1. The molecule has 0 aliphatic carbocycles. The van der Waals surface area contributed by atoms with Crippen LogP contribution in [0.1, 0.15) is 11.1 Å². The zero-order valence-corrected chi connectivity index (χ0v) is 12.9. The molecule has 1 aliphatic heterocycles. The topological polar surface area (TPSA) is 67.5 Å². The van der Waals surface area contributed by atoms with Crippen LogP contribution in [-0.4, -0.2) is 28.5 Å². The molecule has 1 heterocycles. The number of nitrogens with two attached hydrogens (primary N) is 1. The van der Waals surface area contributed by atoms with E-state index in [2.05, 4.69) is 10.3 Å². The molecular formula is C13H11F6N3OS. The van der Waals surface area contributed by atoms with Crippen LogP contribution in [-0.2, 0) is 11.3 Å². The van der Waals surface area contributed by atoms with Crippen molar-refractivity contribution < 1.29 is 31.1 Å². The van der Waals surface area contributed by atoms with Crippen molar-refractivity contribution in [3.63, 3.8) is 0 Å². The van der Waals surface area contributed by atoms with Gasteiger partial charge in [-0.05, 0) is 24.1 Å². The molecule has 0 fully saturated rings. The largest absolute Gasteiger partial charge is 0.412 e. The Bertz CT molecular complexity index is 706. The van der Waals surface area contributed by atoms with Gasteiger partial charge < -0.3 is 11.1 Å². The number of rotatable bonds is 3. The highest BCUT2D eigenvalue weighted by molar-refractivity contribution is 8.15. The van der Waals surface area contributed by atoms with Gasteiger partial charge in [-0.15, -0.1) is 0 Å². The summed E-state index contributed by atoms with van der Waals surface area (Å²) in [4.78, 5) is 15.1. The maximum absolute atomic E-state index is 13.4. The van der Waals surface area contributed by atoms with Gasteiger partial charge in [0.25, 0.3) is 0 Å². The summed E-state index contributed by atoms with van der Waals surface area (Å²) in [5, 5.41) is 0.113. The smallest absolute Gasteiger partial charge is 0.379 e. The number of aliphatic imine (C=N–C) groups is 1. The maximum Gasteiger partial charge on any atom is 0.412 e. The molecule has 1 aliphatic rings. The van der Waals surface area contributed by atoms with Crippen molar-refractivity contribution in [1.82, 2.24) is 5.32 Å². The van der Waals surface area contributed by atoms with Crippen molar-refractivity contribution in [3.8, 4) is 0 Å². The molecule has 0 bridgehead atoms. The number of amides is 1. The van der Waals surface area contributed by atoms with Crippen LogP contribution in [0, 0.1) is 24.4 Å². The van der Waals surface area contributed by atoms with Gasteiger partial charge in [0.2, 0.25) is 5.91 Å². The summed E-state index contributed by atoms with van der Waals surface area (Å²) < 4.78 is 78.2. The number of nitrogens with one attached hydrogen (secondary N) is 1. The molecule has 3 N–H and O–H groups in total. The summed E-state index contributed by atoms with van der Waals surface area (Å²) in [7, 11) is 0. The number of hydrogen-bond acceptors (Lipinski definition) is 4. The normalized spacial score (nSPS) is 20.9. The average Bonchev–Trinajstić information content (AvgIpc) is 2.89. The van der Waals surface area contributed by atoms with Crippen molar-refractivity contribution in [1.29, 1.82) is 0 Å². The Morgan fingerprint density at radius 1 is 1.33 bits per heavy atom. The quantitative estimate of drug-likeness (QED) is 0.633. The van der Waals surface area contributed by atoms with Gasteiger partial charge in [0.05, 0.1) is 0 Å². The van der Waals surface area contributed by atoms with E-state index in [1.165, 1.54) is 0 Å². The van der Waals surface area contributed by atoms with E-state index >= 15 is 0 Å². The fourth-order valence-corrected chi connectivity index (χ4v) is 3.04. The highest BCUT2D eigenvalue weighted by Gasteiger charge is 2.51. The van der Waals surface area contributed by atoms with E-state index in [0.29, 0.717) is 17.8 Å². The molecule has 2 atom stereocenters. The summed E-state index contributed by atoms with van der Waals surface area (Å²) in [5.41, 5.74) is 4.88. The van der Waals surface area contributed by atoms with Gasteiger partial charge in [-0.1, -0.05) is 11.8 Å². The zero-order valence-electron chi connectivity index (χ0n) is 12.0. The summed E-state index contributed by atoms with van der Waals surface area (Å²) in [6.07, 6.45) is -4.76. The standard InChI is InChI=1S/C13H11F6N3OS/c1-4-5(2-6(14)8(16)7(4)15)3-21-11(23)9-10(13(17,18)19)22-12(20)24-9/h2,9-10H,3H2,1H3,(H2,20,22)(H,21,23). The van der Waals surface area contributed by atoms with E-state index in [9.17, 15) is 31.1 Å². The minimum atomic E-state index is -4.76. The second-order valence-corrected chi connectivity index (χ2v) is 6.14. The molecule has 0 saturated heterocycles. The van der Waals surface area contributed by atoms with Crippen LogP contribution in [0.2, 0.25) is 0 Å². The Balaban J connectivity index is 2.12. The third-order valence-corrected chi connectivity index (χ3v) is 4.43. The molecule has 0 radical (unpaired) electrons. The molecule has 2 unspecified atom stereocenters. The minimum Gasteiger partial charge on any atom is -0.379 e. The van der Waals surface area contributed by atoms with Gasteiger partial charge in [0.1, 0.15) is 5.25 Å². The molecule has 1 aromatic carbocycles. The second kappa shape index (κ2) is 6.54. The van der Waals surface area contributed by atoms with E-state index in [-0.39, 0.29) is 16.3 Å². The van der Waals surface area contributed by atoms with Gasteiger partial charge in [0, 0.05) is 6.54 Å². The summed E-state index contributed by atoms with van der Waals surface area (Å²) in [6.45, 7) is 0.684. The first kappa shape index (κ1) is 18.4. The highest BCUT2D eigenvalue weighted by Crippen LogP contribution is 2.36. The van der Waals surface area contributed by atoms with E-state index in [0.717, 1.165) is 6.92 Å². The molecular weight excluding hydrogens is 360 g/mol. The van der Waals surface area contributed by atoms with Crippen LogP contribution in [0.25, 0.3) is 0 Å². The van der Waals surface area contributed by atoms with Crippen LogP contribution >= 0.6 is 11.8 Å². The Kier molecular flexibility index (Phi) is 5.02. The monoisotopic (exact) mass is 371 g/mol. The van der Waals surface area contributed by atoms with Gasteiger partial charge in [-0.25, -0.2) is 18.2 Å². The first-order valence-corrected chi connectivity index (χ1v) is 7.37. The molecule has 1 amide bonds. The molecule has 2 rings (SSSR count). The van der Waals surface area contributed by atoms with E-state index < -0.39 is 47.4 Å². The Labute approximate surface area is 136 Å². The zero-order chi connectivity index (χ0) is 18.2. The number of nitrogens with zero attached hydrogens (tertiary/aromatic N) is 1. The van der Waals surface area contributed by atoms with E-state index in [1.807, 2.05) is 0 Å². The molecule has 0 aromatic heterocycles. The number of amidine groups is 1. The molecule has 0 spiro atoms. The molecule has 4 nitrogen and oxygen atoms in total. The number of thioether (sulfide) groups is 1. The molecule has 132 valence electrons. The summed E-state index contributed by atoms with van der Waals surface area (Å²) in [5.74, 6) is -5.59. The summed E-state index contributed by atoms with van der Waals surface area (Å²) in [6, 6.07) is -1.63. The third kappa shape index (κ3) is 3.60. The molecule has 0 saturated carbocycles. The Morgan fingerprint density at radius 2 is 1.96 bits per heavy atom. The Hall–Kier alpha value is -1.91. The first-order valence-electron chi connectivity index (χ1n) is 6.49. The predicted octanol–water partition coefficient (Wildman–Crippen LogP) is 2.39. The average molecular weight is 371 g/mol. The summed E-state index contributed by atoms with van der Waals surface area (Å²) >= 11 is 0.444. The van der Waals surface area contributed by atoms with Crippen LogP contribution in [0.4, 0.5) is 26.3 Å². The van der Waals surface area contributed by atoms with E-state index in [4.69, 9.17) is 5.73 Å². The maximum atomic E-state index is 13.4. The van der Waals surface area contributed by atoms with Crippen molar-refractivity contribution in [2.24, 2.45) is 10.7 Å². The third-order valence-electron chi connectivity index (χ3n) is 3.36. The van der Waals surface area contributed by atoms with Crippen molar-refractivity contribution in [2.45, 2.75) is 30.9 Å². The number of hydrogen-bond donors (Lipinski definition) is 2. The molecule has 24 heavy (non-hydrogen) atoms. The lowest BCUT2D eigenvalue weighted by atomic mass is 10.1. The van der Waals surface area contributed by atoms with Crippen LogP contribution in [0.3, 0.4) is 0 Å². The van der Waals surface area contributed by atoms with Crippen molar-refractivity contribution >= 4 is 22.8 Å². The lowest BCUT2D eigenvalue weighted by Gasteiger charge is -2.19. The SMILES string of the molecule is Cc1c(CNC(=O)C2SC(N)=NC2C(F)(F)F)cc(F)c(F)c1F.